The zero-order valence-corrected chi connectivity index (χ0v) is 18.4. The number of ether oxygens (including phenoxy) is 4. The Bertz CT molecular complexity index is 1300. The van der Waals surface area contributed by atoms with Gasteiger partial charge in [-0.05, 0) is 29.8 Å². The molecule has 0 bridgehead atoms. The molecule has 0 radical (unpaired) electrons. The van der Waals surface area contributed by atoms with Gasteiger partial charge < -0.3 is 44.5 Å². The molecular weight excluding hydrogens is 460 g/mol. The first-order valence-electron chi connectivity index (χ1n) is 10.7. The van der Waals surface area contributed by atoms with E-state index in [2.05, 4.69) is 0 Å². The van der Waals surface area contributed by atoms with E-state index < -0.39 is 35.9 Å². The molecule has 0 unspecified atom stereocenters. The van der Waals surface area contributed by atoms with Gasteiger partial charge in [-0.1, -0.05) is 12.1 Å². The molecule has 0 fully saturated rings. The summed E-state index contributed by atoms with van der Waals surface area (Å²) in [4.78, 5) is 12.7. The Morgan fingerprint density at radius 3 is 2.26 bits per heavy atom. The Morgan fingerprint density at radius 2 is 1.54 bits per heavy atom. The van der Waals surface area contributed by atoms with Crippen LogP contribution in [0, 0.1) is 0 Å². The number of methoxy groups -OCH3 is 1. The molecule has 2 heterocycles. The SMILES string of the molecule is COc1ccc([C@H]2Oc3cc([C@H]4Oc5cc(O)cc(O)c5C(=O)[C@@H]4O)ccc3O[C@@H]2CO)cc1O. The number of aliphatic hydroxyl groups is 2. The number of carbonyl (C=O) groups is 1. The predicted molar refractivity (Wildman–Crippen MR) is 119 cm³/mol. The number of hydrogen-bond acceptors (Lipinski definition) is 10. The Morgan fingerprint density at radius 1 is 0.829 bits per heavy atom. The number of fused-ring (bicyclic) bond motifs is 2. The van der Waals surface area contributed by atoms with Gasteiger partial charge >= 0.3 is 0 Å². The molecule has 0 saturated heterocycles. The standard InChI is InChI=1S/C25H22O10/c1-32-16-4-2-11(6-14(16)28)24-20(10-26)33-17-5-3-12(7-18(17)34-24)25-23(31)22(30)21-15(29)8-13(27)9-19(21)35-25/h2-9,20,23-29,31H,10H2,1H3/t20-,23+,24-,25-/m1/s1. The van der Waals surface area contributed by atoms with Gasteiger partial charge in [0.2, 0.25) is 5.78 Å². The number of aromatic hydroxyl groups is 3. The van der Waals surface area contributed by atoms with E-state index in [0.717, 1.165) is 6.07 Å². The highest BCUT2D eigenvalue weighted by Crippen LogP contribution is 2.45. The van der Waals surface area contributed by atoms with E-state index in [1.165, 1.54) is 25.3 Å². The average Bonchev–Trinajstić information content (AvgIpc) is 2.84. The summed E-state index contributed by atoms with van der Waals surface area (Å²) in [7, 11) is 1.43. The number of hydrogen-bond donors (Lipinski definition) is 5. The second kappa shape index (κ2) is 8.57. The lowest BCUT2D eigenvalue weighted by Crippen LogP contribution is -2.37. The smallest absolute Gasteiger partial charge is 0.202 e. The number of benzene rings is 3. The topological polar surface area (TPSA) is 155 Å². The first-order chi connectivity index (χ1) is 16.8. The Labute approximate surface area is 199 Å². The molecule has 3 aromatic carbocycles. The lowest BCUT2D eigenvalue weighted by molar-refractivity contribution is -0.0130. The minimum atomic E-state index is -1.62. The molecule has 35 heavy (non-hydrogen) atoms. The lowest BCUT2D eigenvalue weighted by Gasteiger charge is -2.35. The molecule has 3 aromatic rings. The summed E-state index contributed by atoms with van der Waals surface area (Å²) < 4.78 is 22.9. The van der Waals surface area contributed by atoms with Crippen LogP contribution in [0.25, 0.3) is 0 Å². The molecule has 5 N–H and O–H groups in total. The van der Waals surface area contributed by atoms with E-state index >= 15 is 0 Å². The normalized spacial score (nSPS) is 22.8. The highest BCUT2D eigenvalue weighted by molar-refractivity contribution is 6.05. The summed E-state index contributed by atoms with van der Waals surface area (Å²) in [5.41, 5.74) is 0.692. The minimum absolute atomic E-state index is 0.0652. The number of ketones is 1. The van der Waals surface area contributed by atoms with Crippen molar-refractivity contribution >= 4 is 5.78 Å². The monoisotopic (exact) mass is 482 g/mol. The van der Waals surface area contributed by atoms with Crippen molar-refractivity contribution < 1.29 is 49.3 Å². The molecule has 0 spiro atoms. The maximum absolute atomic E-state index is 12.7. The molecule has 0 amide bonds. The third-order valence-corrected chi connectivity index (χ3v) is 6.00. The summed E-state index contributed by atoms with van der Waals surface area (Å²) in [5.74, 6) is -0.849. The van der Waals surface area contributed by atoms with E-state index in [1.54, 1.807) is 24.3 Å². The van der Waals surface area contributed by atoms with Crippen molar-refractivity contribution in [2.75, 3.05) is 13.7 Å². The lowest BCUT2D eigenvalue weighted by atomic mass is 9.92. The number of phenols is 3. The van der Waals surface area contributed by atoms with Crippen LogP contribution >= 0.6 is 0 Å². The van der Waals surface area contributed by atoms with E-state index in [9.17, 15) is 30.3 Å². The molecule has 0 aromatic heterocycles. The summed E-state index contributed by atoms with van der Waals surface area (Å²) in [6, 6.07) is 11.5. The van der Waals surface area contributed by atoms with Gasteiger partial charge in [-0.2, -0.15) is 0 Å². The molecule has 2 aliphatic heterocycles. The molecule has 4 atom stereocenters. The van der Waals surface area contributed by atoms with E-state index in [4.69, 9.17) is 18.9 Å². The number of aliphatic hydroxyl groups excluding tert-OH is 2. The van der Waals surface area contributed by atoms with Crippen molar-refractivity contribution in [3.8, 4) is 40.2 Å². The highest BCUT2D eigenvalue weighted by Gasteiger charge is 2.40. The first-order valence-corrected chi connectivity index (χ1v) is 10.7. The third-order valence-electron chi connectivity index (χ3n) is 6.00. The van der Waals surface area contributed by atoms with Crippen LogP contribution in [0.3, 0.4) is 0 Å². The Hall–Kier alpha value is -4.15. The van der Waals surface area contributed by atoms with E-state index in [0.29, 0.717) is 16.9 Å². The minimum Gasteiger partial charge on any atom is -0.508 e. The van der Waals surface area contributed by atoms with Crippen LogP contribution in [0.2, 0.25) is 0 Å². The molecule has 2 aliphatic rings. The van der Waals surface area contributed by atoms with Crippen molar-refractivity contribution in [3.05, 3.63) is 65.2 Å². The van der Waals surface area contributed by atoms with Gasteiger partial charge in [0.1, 0.15) is 22.8 Å². The van der Waals surface area contributed by atoms with Gasteiger partial charge in [0, 0.05) is 17.7 Å². The van der Waals surface area contributed by atoms with Crippen LogP contribution in [-0.2, 0) is 0 Å². The number of rotatable bonds is 4. The Balaban J connectivity index is 1.49. The van der Waals surface area contributed by atoms with Crippen molar-refractivity contribution in [2.24, 2.45) is 0 Å². The van der Waals surface area contributed by atoms with Crippen LogP contribution in [0.4, 0.5) is 0 Å². The van der Waals surface area contributed by atoms with Crippen LogP contribution in [0.1, 0.15) is 33.7 Å². The largest absolute Gasteiger partial charge is 0.508 e. The summed E-state index contributed by atoms with van der Waals surface area (Å²) in [6.45, 7) is -0.360. The van der Waals surface area contributed by atoms with Crippen molar-refractivity contribution in [1.29, 1.82) is 0 Å². The zero-order valence-electron chi connectivity index (χ0n) is 18.4. The van der Waals surface area contributed by atoms with Crippen LogP contribution in [-0.4, -0.2) is 57.2 Å². The maximum atomic E-state index is 12.7. The van der Waals surface area contributed by atoms with E-state index in [1.807, 2.05) is 0 Å². The van der Waals surface area contributed by atoms with Crippen LogP contribution in [0.5, 0.6) is 40.2 Å². The second-order valence-electron chi connectivity index (χ2n) is 8.20. The summed E-state index contributed by atoms with van der Waals surface area (Å²) in [6.07, 6.45) is -4.32. The maximum Gasteiger partial charge on any atom is 0.202 e. The first kappa shape index (κ1) is 22.6. The molecule has 182 valence electrons. The van der Waals surface area contributed by atoms with Crippen molar-refractivity contribution in [3.63, 3.8) is 0 Å². The fourth-order valence-corrected chi connectivity index (χ4v) is 4.29. The predicted octanol–water partition coefficient (Wildman–Crippen LogP) is 2.36. The summed E-state index contributed by atoms with van der Waals surface area (Å²) >= 11 is 0. The number of carbonyl (C=O) groups excluding carboxylic acids is 1. The van der Waals surface area contributed by atoms with Gasteiger partial charge in [0.15, 0.2) is 47.4 Å². The fourth-order valence-electron chi connectivity index (χ4n) is 4.29. The average molecular weight is 482 g/mol. The van der Waals surface area contributed by atoms with E-state index in [-0.39, 0.29) is 40.9 Å². The number of Topliss-reactive ketones (excluding diaryl/α,β-unsaturated/α-hetero) is 1. The molecule has 0 saturated carbocycles. The molecular formula is C25H22O10. The molecule has 0 aliphatic carbocycles. The zero-order chi connectivity index (χ0) is 24.9. The van der Waals surface area contributed by atoms with Crippen LogP contribution < -0.4 is 18.9 Å². The van der Waals surface area contributed by atoms with Gasteiger partial charge in [0.05, 0.1) is 13.7 Å². The number of phenolic OH excluding ortho intramolecular Hbond substituents is 3. The van der Waals surface area contributed by atoms with Crippen molar-refractivity contribution in [1.82, 2.24) is 0 Å². The van der Waals surface area contributed by atoms with Crippen molar-refractivity contribution in [2.45, 2.75) is 24.4 Å². The molecule has 5 rings (SSSR count). The van der Waals surface area contributed by atoms with Gasteiger partial charge in [-0.25, -0.2) is 0 Å². The Kier molecular flexibility index (Phi) is 5.54. The molecule has 10 heteroatoms. The van der Waals surface area contributed by atoms with Gasteiger partial charge in [-0.3, -0.25) is 4.79 Å². The summed E-state index contributed by atoms with van der Waals surface area (Å²) in [5, 5.41) is 50.5. The van der Waals surface area contributed by atoms with Gasteiger partial charge in [-0.15, -0.1) is 0 Å². The highest BCUT2D eigenvalue weighted by atomic mass is 16.6. The molecule has 10 nitrogen and oxygen atoms in total. The van der Waals surface area contributed by atoms with Gasteiger partial charge in [0.25, 0.3) is 0 Å². The fraction of sp³-hybridized carbons (Fsp3) is 0.240. The van der Waals surface area contributed by atoms with Crippen LogP contribution in [0.15, 0.2) is 48.5 Å². The quantitative estimate of drug-likeness (QED) is 0.374. The third kappa shape index (κ3) is 3.82. The second-order valence-corrected chi connectivity index (χ2v) is 8.20.